The SMILES string of the molecule is CCCCCCCCCCCCCCCCCCCC(=O)OC[C@@H](COC(=O)CCCCCCCCCCC(C)CC)OC(=O)CCCCCCCCCCCCCCCCCC(C)C. The molecular weight excluding hydrogens is 805 g/mol. The Kier molecular flexibility index (Phi) is 50.5. The lowest BCUT2D eigenvalue weighted by atomic mass is 9.99. The van der Waals surface area contributed by atoms with E-state index in [1.165, 1.54) is 218 Å². The van der Waals surface area contributed by atoms with Gasteiger partial charge in [0, 0.05) is 19.3 Å². The number of hydrogen-bond acceptors (Lipinski definition) is 6. The maximum absolute atomic E-state index is 12.9. The normalized spacial score (nSPS) is 12.5. The molecule has 0 radical (unpaired) electrons. The molecule has 0 saturated carbocycles. The third-order valence-electron chi connectivity index (χ3n) is 13.8. The largest absolute Gasteiger partial charge is 0.462 e. The molecule has 0 heterocycles. The smallest absolute Gasteiger partial charge is 0.306 e. The van der Waals surface area contributed by atoms with Crippen LogP contribution in [0.15, 0.2) is 0 Å². The predicted octanol–water partition coefficient (Wildman–Crippen LogP) is 19.3. The molecule has 0 aromatic heterocycles. The molecule has 0 bridgehead atoms. The molecule has 0 aromatic carbocycles. The average Bonchev–Trinajstić information content (AvgIpc) is 3.29. The number of esters is 3. The van der Waals surface area contributed by atoms with Gasteiger partial charge in [0.1, 0.15) is 13.2 Å². The summed E-state index contributed by atoms with van der Waals surface area (Å²) in [5.74, 6) is 0.855. The molecular formula is C59H114O6. The fraction of sp³-hybridized carbons (Fsp3) is 0.949. The van der Waals surface area contributed by atoms with Crippen LogP contribution in [0.3, 0.4) is 0 Å². The minimum atomic E-state index is -0.763. The van der Waals surface area contributed by atoms with Crippen LogP contribution in [0.4, 0.5) is 0 Å². The van der Waals surface area contributed by atoms with Gasteiger partial charge in [-0.3, -0.25) is 14.4 Å². The highest BCUT2D eigenvalue weighted by atomic mass is 16.6. The number of ether oxygens (including phenoxy) is 3. The molecule has 0 saturated heterocycles. The molecule has 0 aliphatic rings. The molecule has 0 spiro atoms. The predicted molar refractivity (Wildman–Crippen MR) is 280 cm³/mol. The molecule has 0 aromatic rings. The van der Waals surface area contributed by atoms with Gasteiger partial charge in [-0.25, -0.2) is 0 Å². The van der Waals surface area contributed by atoms with E-state index in [1.54, 1.807) is 0 Å². The molecule has 0 aliphatic heterocycles. The Bertz CT molecular complexity index is 995. The first-order valence-electron chi connectivity index (χ1n) is 29.3. The topological polar surface area (TPSA) is 78.9 Å². The van der Waals surface area contributed by atoms with Gasteiger partial charge in [0.2, 0.25) is 0 Å². The van der Waals surface area contributed by atoms with E-state index in [2.05, 4.69) is 34.6 Å². The molecule has 0 aliphatic carbocycles. The van der Waals surface area contributed by atoms with Crippen molar-refractivity contribution in [3.05, 3.63) is 0 Å². The second-order valence-electron chi connectivity index (χ2n) is 21.0. The van der Waals surface area contributed by atoms with Crippen molar-refractivity contribution in [2.45, 2.75) is 336 Å². The van der Waals surface area contributed by atoms with E-state index >= 15 is 0 Å². The third kappa shape index (κ3) is 51.6. The van der Waals surface area contributed by atoms with E-state index in [0.29, 0.717) is 19.3 Å². The highest BCUT2D eigenvalue weighted by Crippen LogP contribution is 2.19. The van der Waals surface area contributed by atoms with Crippen molar-refractivity contribution in [1.29, 1.82) is 0 Å². The van der Waals surface area contributed by atoms with Crippen LogP contribution in [0, 0.1) is 11.8 Å². The molecule has 0 fully saturated rings. The van der Waals surface area contributed by atoms with Crippen molar-refractivity contribution in [2.75, 3.05) is 13.2 Å². The molecule has 6 heteroatoms. The Labute approximate surface area is 406 Å². The van der Waals surface area contributed by atoms with Crippen LogP contribution >= 0.6 is 0 Å². The summed E-state index contributed by atoms with van der Waals surface area (Å²) >= 11 is 0. The zero-order valence-corrected chi connectivity index (χ0v) is 44.6. The third-order valence-corrected chi connectivity index (χ3v) is 13.8. The fourth-order valence-corrected chi connectivity index (χ4v) is 9.02. The van der Waals surface area contributed by atoms with Crippen molar-refractivity contribution in [3.8, 4) is 0 Å². The molecule has 0 rings (SSSR count). The number of carbonyl (C=O) groups is 3. The highest BCUT2D eigenvalue weighted by molar-refractivity contribution is 5.71. The van der Waals surface area contributed by atoms with E-state index in [-0.39, 0.29) is 31.1 Å². The van der Waals surface area contributed by atoms with Crippen molar-refractivity contribution >= 4 is 17.9 Å². The van der Waals surface area contributed by atoms with Gasteiger partial charge in [-0.15, -0.1) is 0 Å². The van der Waals surface area contributed by atoms with Crippen LogP contribution in [0.1, 0.15) is 330 Å². The summed E-state index contributed by atoms with van der Waals surface area (Å²) in [6, 6.07) is 0. The number of unbranched alkanes of at least 4 members (excludes halogenated alkanes) is 37. The maximum atomic E-state index is 12.9. The minimum Gasteiger partial charge on any atom is -0.462 e. The molecule has 0 amide bonds. The number of hydrogen-bond donors (Lipinski definition) is 0. The Balaban J connectivity index is 4.28. The summed E-state index contributed by atoms with van der Waals surface area (Å²) in [6.45, 7) is 11.4. The summed E-state index contributed by atoms with van der Waals surface area (Å²) in [5, 5.41) is 0. The molecule has 65 heavy (non-hydrogen) atoms. The average molecular weight is 920 g/mol. The molecule has 1 unspecified atom stereocenters. The van der Waals surface area contributed by atoms with E-state index in [0.717, 1.165) is 69.6 Å². The van der Waals surface area contributed by atoms with E-state index in [1.807, 2.05) is 0 Å². The van der Waals surface area contributed by atoms with Crippen molar-refractivity contribution in [2.24, 2.45) is 11.8 Å². The Morgan fingerprint density at radius 1 is 0.323 bits per heavy atom. The van der Waals surface area contributed by atoms with Gasteiger partial charge in [0.05, 0.1) is 0 Å². The molecule has 2 atom stereocenters. The van der Waals surface area contributed by atoms with Crippen LogP contribution in [-0.2, 0) is 28.6 Å². The van der Waals surface area contributed by atoms with Crippen molar-refractivity contribution in [1.82, 2.24) is 0 Å². The highest BCUT2D eigenvalue weighted by Gasteiger charge is 2.19. The summed E-state index contributed by atoms with van der Waals surface area (Å²) in [6.07, 6.45) is 55.2. The maximum Gasteiger partial charge on any atom is 0.306 e. The molecule has 6 nitrogen and oxygen atoms in total. The van der Waals surface area contributed by atoms with Gasteiger partial charge in [-0.05, 0) is 31.1 Å². The first-order chi connectivity index (χ1) is 31.8. The standard InChI is InChI=1S/C59H114O6/c1-6-8-9-10-11-12-13-14-15-16-19-22-25-28-34-39-44-49-57(60)63-52-56(53-64-58(61)50-45-40-35-31-30-33-38-43-48-55(5)7-2)65-59(62)51-46-41-36-29-26-23-20-17-18-21-24-27-32-37-42-47-54(3)4/h54-56H,6-53H2,1-5H3/t55?,56-/m0/s1. The number of carbonyl (C=O) groups excluding carboxylic acids is 3. The van der Waals surface area contributed by atoms with Crippen molar-refractivity contribution < 1.29 is 28.6 Å². The van der Waals surface area contributed by atoms with Crippen LogP contribution in [0.25, 0.3) is 0 Å². The lowest BCUT2D eigenvalue weighted by Crippen LogP contribution is -2.30. The van der Waals surface area contributed by atoms with Gasteiger partial charge in [0.25, 0.3) is 0 Å². The Morgan fingerprint density at radius 2 is 0.585 bits per heavy atom. The summed E-state index contributed by atoms with van der Waals surface area (Å²) in [7, 11) is 0. The quantitative estimate of drug-likeness (QED) is 0.0344. The first kappa shape index (κ1) is 63.4. The Morgan fingerprint density at radius 3 is 0.877 bits per heavy atom. The second kappa shape index (κ2) is 51.8. The zero-order chi connectivity index (χ0) is 47.5. The van der Waals surface area contributed by atoms with Crippen LogP contribution in [0.2, 0.25) is 0 Å². The molecule has 0 N–H and O–H groups in total. The van der Waals surface area contributed by atoms with Crippen molar-refractivity contribution in [3.63, 3.8) is 0 Å². The number of rotatable bonds is 53. The van der Waals surface area contributed by atoms with E-state index in [4.69, 9.17) is 14.2 Å². The van der Waals surface area contributed by atoms with Crippen LogP contribution in [-0.4, -0.2) is 37.2 Å². The van der Waals surface area contributed by atoms with Gasteiger partial charge in [-0.2, -0.15) is 0 Å². The Hall–Kier alpha value is -1.59. The monoisotopic (exact) mass is 919 g/mol. The van der Waals surface area contributed by atoms with Gasteiger partial charge < -0.3 is 14.2 Å². The van der Waals surface area contributed by atoms with Gasteiger partial charge in [0.15, 0.2) is 6.10 Å². The zero-order valence-electron chi connectivity index (χ0n) is 44.6. The second-order valence-corrected chi connectivity index (χ2v) is 21.0. The first-order valence-corrected chi connectivity index (χ1v) is 29.3. The van der Waals surface area contributed by atoms with E-state index in [9.17, 15) is 14.4 Å². The van der Waals surface area contributed by atoms with E-state index < -0.39 is 6.10 Å². The lowest BCUT2D eigenvalue weighted by Gasteiger charge is -2.18. The lowest BCUT2D eigenvalue weighted by molar-refractivity contribution is -0.167. The minimum absolute atomic E-state index is 0.0629. The molecule has 386 valence electrons. The summed E-state index contributed by atoms with van der Waals surface area (Å²) < 4.78 is 16.9. The summed E-state index contributed by atoms with van der Waals surface area (Å²) in [4.78, 5) is 38.1. The fourth-order valence-electron chi connectivity index (χ4n) is 9.02. The summed E-state index contributed by atoms with van der Waals surface area (Å²) in [5.41, 5.74) is 0. The van der Waals surface area contributed by atoms with Crippen LogP contribution in [0.5, 0.6) is 0 Å². The van der Waals surface area contributed by atoms with Gasteiger partial charge >= 0.3 is 17.9 Å². The van der Waals surface area contributed by atoms with Gasteiger partial charge in [-0.1, -0.05) is 291 Å². The van der Waals surface area contributed by atoms with Crippen LogP contribution < -0.4 is 0 Å².